The molecule has 2 aromatic carbocycles. The van der Waals surface area contributed by atoms with Crippen LogP contribution < -0.4 is 0 Å². The second-order valence-electron chi connectivity index (χ2n) is 5.75. The van der Waals surface area contributed by atoms with Gasteiger partial charge in [0.15, 0.2) is 0 Å². The Morgan fingerprint density at radius 3 is 2.07 bits per heavy atom. The quantitative estimate of drug-likeness (QED) is 0.334. The number of hydrogen-bond acceptors (Lipinski definition) is 4. The molecule has 0 N–H and O–H groups in total. The lowest BCUT2D eigenvalue weighted by atomic mass is 10.1. The molecule has 1 aromatic heterocycles. The van der Waals surface area contributed by atoms with E-state index in [0.29, 0.717) is 10.0 Å². The van der Waals surface area contributed by atoms with E-state index in [-0.39, 0.29) is 10.4 Å². The van der Waals surface area contributed by atoms with Gasteiger partial charge in [-0.2, -0.15) is 12.6 Å². The van der Waals surface area contributed by atoms with Gasteiger partial charge in [-0.15, -0.1) is 0 Å². The molecule has 0 aliphatic rings. The number of thioether (sulfide) groups is 1. The lowest BCUT2D eigenvalue weighted by Crippen LogP contribution is -2.13. The van der Waals surface area contributed by atoms with Crippen molar-refractivity contribution < 1.29 is 4.79 Å². The minimum Gasteiger partial charge on any atom is -0.319 e. The number of carbonyl (C=O) groups is 1. The van der Waals surface area contributed by atoms with Crippen LogP contribution in [0.5, 0.6) is 0 Å². The molecule has 0 bridgehead atoms. The van der Waals surface area contributed by atoms with E-state index in [1.807, 2.05) is 12.1 Å². The Morgan fingerprint density at radius 2 is 1.56 bits per heavy atom. The Labute approximate surface area is 182 Å². The van der Waals surface area contributed by atoms with Gasteiger partial charge < -0.3 is 4.57 Å². The highest BCUT2D eigenvalue weighted by Gasteiger charge is 2.29. The molecule has 0 saturated carbocycles. The number of rotatable bonds is 6. The topological polar surface area (TPSA) is 34.9 Å². The van der Waals surface area contributed by atoms with E-state index < -0.39 is 10.8 Å². The summed E-state index contributed by atoms with van der Waals surface area (Å²) < 4.78 is 1.76. The maximum atomic E-state index is 12.9. The number of imidazole rings is 1. The standard InChI is InChI=1S/C19H15Cl3N2OS2/c20-14-5-1-12(2-6-14)16(26)19(25)27-17(13-3-7-15(21)8-4-13)18(22)24-10-9-23-11-24/h1-11,16-18,26H. The molecular formula is C19H15Cl3N2OS2. The van der Waals surface area contributed by atoms with Crippen LogP contribution in [-0.2, 0) is 4.79 Å². The molecule has 0 aliphatic carbocycles. The van der Waals surface area contributed by atoms with E-state index in [4.69, 9.17) is 34.8 Å². The Hall–Kier alpha value is -1.11. The normalized spacial score (nSPS) is 14.5. The van der Waals surface area contributed by atoms with Gasteiger partial charge in [0, 0.05) is 22.4 Å². The molecule has 0 spiro atoms. The fourth-order valence-electron chi connectivity index (χ4n) is 2.48. The first-order valence-electron chi connectivity index (χ1n) is 7.96. The number of alkyl halides is 1. The molecule has 27 heavy (non-hydrogen) atoms. The van der Waals surface area contributed by atoms with Crippen molar-refractivity contribution in [3.63, 3.8) is 0 Å². The minimum atomic E-state index is -0.589. The summed E-state index contributed by atoms with van der Waals surface area (Å²) in [5, 5.41) is 0.197. The van der Waals surface area contributed by atoms with Gasteiger partial charge in [0.25, 0.3) is 0 Å². The summed E-state index contributed by atoms with van der Waals surface area (Å²) in [4.78, 5) is 16.9. The Bertz CT molecular complexity index is 886. The molecule has 0 amide bonds. The van der Waals surface area contributed by atoms with Gasteiger partial charge in [0.1, 0.15) is 5.50 Å². The predicted molar refractivity (Wildman–Crippen MR) is 117 cm³/mol. The summed E-state index contributed by atoms with van der Waals surface area (Å²) in [5.74, 6) is 0. The number of nitrogens with zero attached hydrogens (tertiary/aromatic N) is 2. The summed E-state index contributed by atoms with van der Waals surface area (Å²) in [5.41, 5.74) is 1.17. The number of aromatic nitrogens is 2. The Balaban J connectivity index is 1.85. The predicted octanol–water partition coefficient (Wildman–Crippen LogP) is 6.60. The van der Waals surface area contributed by atoms with Crippen molar-refractivity contribution in [2.75, 3.05) is 0 Å². The van der Waals surface area contributed by atoms with Crippen molar-refractivity contribution >= 4 is 64.3 Å². The molecule has 3 nitrogen and oxygen atoms in total. The van der Waals surface area contributed by atoms with Crippen LogP contribution in [0.3, 0.4) is 0 Å². The highest BCUT2D eigenvalue weighted by Crippen LogP contribution is 2.44. The summed E-state index contributed by atoms with van der Waals surface area (Å²) in [6.07, 6.45) is 5.04. The molecule has 140 valence electrons. The van der Waals surface area contributed by atoms with Gasteiger partial charge in [0.2, 0.25) is 5.12 Å². The van der Waals surface area contributed by atoms with Crippen LogP contribution in [0, 0.1) is 0 Å². The van der Waals surface area contributed by atoms with Gasteiger partial charge in [-0.25, -0.2) is 4.98 Å². The van der Waals surface area contributed by atoms with Crippen molar-refractivity contribution in [2.45, 2.75) is 16.0 Å². The van der Waals surface area contributed by atoms with E-state index in [9.17, 15) is 4.79 Å². The molecule has 3 aromatic rings. The number of benzene rings is 2. The molecule has 1 heterocycles. The molecule has 0 fully saturated rings. The lowest BCUT2D eigenvalue weighted by molar-refractivity contribution is -0.110. The average molecular weight is 458 g/mol. The number of thiol groups is 1. The largest absolute Gasteiger partial charge is 0.319 e. The zero-order valence-corrected chi connectivity index (χ0v) is 17.9. The van der Waals surface area contributed by atoms with Gasteiger partial charge in [-0.05, 0) is 35.4 Å². The average Bonchev–Trinajstić information content (AvgIpc) is 3.21. The summed E-state index contributed by atoms with van der Waals surface area (Å²) >= 11 is 24.2. The first-order chi connectivity index (χ1) is 13.0. The van der Waals surface area contributed by atoms with Crippen LogP contribution >= 0.6 is 59.2 Å². The van der Waals surface area contributed by atoms with E-state index in [2.05, 4.69) is 17.6 Å². The molecule has 0 aliphatic heterocycles. The third kappa shape index (κ3) is 5.24. The molecular weight excluding hydrogens is 443 g/mol. The van der Waals surface area contributed by atoms with Crippen molar-refractivity contribution in [3.8, 4) is 0 Å². The van der Waals surface area contributed by atoms with Crippen LogP contribution in [0.2, 0.25) is 10.0 Å². The maximum absolute atomic E-state index is 12.9. The van der Waals surface area contributed by atoms with Gasteiger partial charge >= 0.3 is 0 Å². The number of hydrogen-bond donors (Lipinski definition) is 1. The van der Waals surface area contributed by atoms with E-state index in [0.717, 1.165) is 22.9 Å². The zero-order chi connectivity index (χ0) is 19.4. The molecule has 0 saturated heterocycles. The van der Waals surface area contributed by atoms with E-state index in [1.54, 1.807) is 59.7 Å². The summed E-state index contributed by atoms with van der Waals surface area (Å²) in [6.45, 7) is 0. The van der Waals surface area contributed by atoms with Crippen molar-refractivity contribution in [2.24, 2.45) is 0 Å². The second-order valence-corrected chi connectivity index (χ2v) is 8.73. The highest BCUT2D eigenvalue weighted by molar-refractivity contribution is 8.15. The fourth-order valence-corrected chi connectivity index (χ4v) is 4.56. The molecule has 0 radical (unpaired) electrons. The van der Waals surface area contributed by atoms with E-state index >= 15 is 0 Å². The molecule has 3 atom stereocenters. The maximum Gasteiger partial charge on any atom is 0.206 e. The summed E-state index contributed by atoms with van der Waals surface area (Å²) in [7, 11) is 0. The van der Waals surface area contributed by atoms with Crippen LogP contribution in [0.15, 0.2) is 67.3 Å². The van der Waals surface area contributed by atoms with Gasteiger partial charge in [0.05, 0.1) is 16.8 Å². The summed E-state index contributed by atoms with van der Waals surface area (Å²) in [6, 6.07) is 14.4. The van der Waals surface area contributed by atoms with Gasteiger partial charge in [-0.3, -0.25) is 4.79 Å². The van der Waals surface area contributed by atoms with Crippen molar-refractivity contribution in [1.82, 2.24) is 9.55 Å². The van der Waals surface area contributed by atoms with Crippen LogP contribution in [0.1, 0.15) is 27.1 Å². The second kappa shape index (κ2) is 9.39. The number of carbonyl (C=O) groups excluding carboxylic acids is 1. The lowest BCUT2D eigenvalue weighted by Gasteiger charge is -2.24. The monoisotopic (exact) mass is 456 g/mol. The third-order valence-corrected chi connectivity index (χ3v) is 7.00. The van der Waals surface area contributed by atoms with Crippen LogP contribution in [-0.4, -0.2) is 14.7 Å². The van der Waals surface area contributed by atoms with Crippen LogP contribution in [0.4, 0.5) is 0 Å². The fraction of sp³-hybridized carbons (Fsp3) is 0.158. The highest BCUT2D eigenvalue weighted by atomic mass is 35.5. The molecule has 3 rings (SSSR count). The first-order valence-corrected chi connectivity index (χ1v) is 10.6. The van der Waals surface area contributed by atoms with Crippen molar-refractivity contribution in [3.05, 3.63) is 88.4 Å². The molecule has 3 unspecified atom stereocenters. The molecule has 8 heteroatoms. The smallest absolute Gasteiger partial charge is 0.206 e. The van der Waals surface area contributed by atoms with E-state index in [1.165, 1.54) is 0 Å². The van der Waals surface area contributed by atoms with Crippen LogP contribution in [0.25, 0.3) is 0 Å². The number of halogens is 3. The Morgan fingerprint density at radius 1 is 1.00 bits per heavy atom. The zero-order valence-electron chi connectivity index (χ0n) is 13.9. The van der Waals surface area contributed by atoms with Gasteiger partial charge in [-0.1, -0.05) is 70.8 Å². The SMILES string of the molecule is O=C(SC(c1ccc(Cl)cc1)C(Cl)n1ccnc1)C(S)c1ccc(Cl)cc1. The van der Waals surface area contributed by atoms with Crippen molar-refractivity contribution in [1.29, 1.82) is 0 Å². The Kier molecular flexibility index (Phi) is 7.17. The first kappa shape index (κ1) is 20.6. The third-order valence-electron chi connectivity index (χ3n) is 3.91. The minimum absolute atomic E-state index is 0.105.